The van der Waals surface area contributed by atoms with Gasteiger partial charge in [-0.1, -0.05) is 13.8 Å². The van der Waals surface area contributed by atoms with Crippen molar-refractivity contribution in [1.82, 2.24) is 9.97 Å². The van der Waals surface area contributed by atoms with Crippen LogP contribution in [0.5, 0.6) is 0 Å². The number of hydrogen-bond acceptors (Lipinski definition) is 5. The van der Waals surface area contributed by atoms with E-state index in [1.54, 1.807) is 0 Å². The first-order valence-corrected chi connectivity index (χ1v) is 7.39. The Labute approximate surface area is 121 Å². The molecule has 0 unspecified atom stereocenters. The van der Waals surface area contributed by atoms with Gasteiger partial charge in [-0.05, 0) is 44.9 Å². The maximum absolute atomic E-state index is 5.54. The van der Waals surface area contributed by atoms with Crippen molar-refractivity contribution in [1.29, 1.82) is 0 Å². The van der Waals surface area contributed by atoms with Crippen molar-refractivity contribution in [2.45, 2.75) is 59.4 Å². The summed E-state index contributed by atoms with van der Waals surface area (Å²) in [6.45, 7) is 8.65. The van der Waals surface area contributed by atoms with Crippen LogP contribution in [0.1, 0.15) is 50.9 Å². The van der Waals surface area contributed by atoms with Crippen LogP contribution in [-0.2, 0) is 0 Å². The lowest BCUT2D eigenvalue weighted by Crippen LogP contribution is -2.38. The minimum atomic E-state index is 0.484. The molecule has 3 N–H and O–H groups in total. The Morgan fingerprint density at radius 1 is 1.20 bits per heavy atom. The van der Waals surface area contributed by atoms with E-state index in [0.29, 0.717) is 11.5 Å². The average molecular weight is 277 g/mol. The van der Waals surface area contributed by atoms with E-state index in [1.165, 1.54) is 25.7 Å². The first kappa shape index (κ1) is 15.0. The number of nitrogen functional groups attached to an aromatic ring is 1. The molecule has 0 radical (unpaired) electrons. The summed E-state index contributed by atoms with van der Waals surface area (Å²) in [5, 5.41) is 0. The molecular formula is C15H27N5. The second kappa shape index (κ2) is 5.56. The van der Waals surface area contributed by atoms with E-state index in [-0.39, 0.29) is 0 Å². The summed E-state index contributed by atoms with van der Waals surface area (Å²) in [6, 6.07) is 0.557. The van der Waals surface area contributed by atoms with Crippen LogP contribution in [0.25, 0.3) is 0 Å². The van der Waals surface area contributed by atoms with Gasteiger partial charge in [0.2, 0.25) is 0 Å². The fourth-order valence-electron chi connectivity index (χ4n) is 3.04. The molecule has 1 aromatic rings. The van der Waals surface area contributed by atoms with Crippen LogP contribution in [0.2, 0.25) is 0 Å². The molecule has 1 saturated carbocycles. The molecule has 2 rings (SSSR count). The van der Waals surface area contributed by atoms with Crippen molar-refractivity contribution in [3.63, 3.8) is 0 Å². The third-order valence-electron chi connectivity index (χ3n) is 4.56. The first-order valence-electron chi connectivity index (χ1n) is 7.39. The highest BCUT2D eigenvalue weighted by Gasteiger charge is 2.30. The molecule has 0 aromatic carbocycles. The fraction of sp³-hybridized carbons (Fsp3) is 0.733. The molecule has 0 saturated heterocycles. The number of hydrazine groups is 1. The van der Waals surface area contributed by atoms with Gasteiger partial charge >= 0.3 is 0 Å². The molecule has 1 fully saturated rings. The molecule has 1 aromatic heterocycles. The van der Waals surface area contributed by atoms with Gasteiger partial charge < -0.3 is 10.3 Å². The van der Waals surface area contributed by atoms with Gasteiger partial charge in [0.05, 0.1) is 0 Å². The predicted octanol–water partition coefficient (Wildman–Crippen LogP) is 2.78. The largest absolute Gasteiger partial charge is 0.356 e. The monoisotopic (exact) mass is 277 g/mol. The third-order valence-corrected chi connectivity index (χ3v) is 4.56. The lowest BCUT2D eigenvalue weighted by molar-refractivity contribution is 0.222. The summed E-state index contributed by atoms with van der Waals surface area (Å²) in [5.74, 6) is 8.01. The SMILES string of the molecule is Cc1nc(NN)c(C)c(N(C)C2CCC(C)(C)CC2)n1. The number of nitrogens with zero attached hydrogens (tertiary/aromatic N) is 3. The highest BCUT2D eigenvalue weighted by atomic mass is 15.3. The van der Waals surface area contributed by atoms with Gasteiger partial charge in [0.15, 0.2) is 0 Å². The summed E-state index contributed by atoms with van der Waals surface area (Å²) >= 11 is 0. The highest BCUT2D eigenvalue weighted by molar-refractivity contribution is 5.58. The van der Waals surface area contributed by atoms with E-state index in [9.17, 15) is 0 Å². The summed E-state index contributed by atoms with van der Waals surface area (Å²) in [5.41, 5.74) is 4.17. The number of rotatable bonds is 3. The minimum absolute atomic E-state index is 0.484. The first-order chi connectivity index (χ1) is 9.34. The summed E-state index contributed by atoms with van der Waals surface area (Å²) in [4.78, 5) is 11.2. The van der Waals surface area contributed by atoms with Crippen molar-refractivity contribution in [2.24, 2.45) is 11.3 Å². The van der Waals surface area contributed by atoms with Gasteiger partial charge in [0.1, 0.15) is 17.5 Å². The zero-order chi connectivity index (χ0) is 14.9. The normalized spacial score (nSPS) is 18.9. The minimum Gasteiger partial charge on any atom is -0.356 e. The number of aromatic nitrogens is 2. The van der Waals surface area contributed by atoms with E-state index in [0.717, 1.165) is 23.0 Å². The predicted molar refractivity (Wildman–Crippen MR) is 83.8 cm³/mol. The van der Waals surface area contributed by atoms with Crippen molar-refractivity contribution in [2.75, 3.05) is 17.4 Å². The van der Waals surface area contributed by atoms with Gasteiger partial charge in [-0.3, -0.25) is 0 Å². The Morgan fingerprint density at radius 2 is 1.80 bits per heavy atom. The Bertz CT molecular complexity index is 473. The molecule has 5 heteroatoms. The zero-order valence-electron chi connectivity index (χ0n) is 13.3. The van der Waals surface area contributed by atoms with Crippen LogP contribution in [0.15, 0.2) is 0 Å². The van der Waals surface area contributed by atoms with Crippen LogP contribution in [0.4, 0.5) is 11.6 Å². The van der Waals surface area contributed by atoms with Gasteiger partial charge in [-0.2, -0.15) is 0 Å². The van der Waals surface area contributed by atoms with Gasteiger partial charge in [0, 0.05) is 18.7 Å². The number of anilines is 2. The fourth-order valence-corrected chi connectivity index (χ4v) is 3.04. The molecular weight excluding hydrogens is 250 g/mol. The van der Waals surface area contributed by atoms with Crippen LogP contribution in [-0.4, -0.2) is 23.1 Å². The Balaban J connectivity index is 2.21. The zero-order valence-corrected chi connectivity index (χ0v) is 13.3. The molecule has 0 aliphatic heterocycles. The second-order valence-corrected chi connectivity index (χ2v) is 6.72. The number of hydrogen-bond donors (Lipinski definition) is 2. The second-order valence-electron chi connectivity index (χ2n) is 6.72. The van der Waals surface area contributed by atoms with E-state index in [2.05, 4.69) is 41.2 Å². The number of aryl methyl sites for hydroxylation is 1. The molecule has 112 valence electrons. The Kier molecular flexibility index (Phi) is 4.18. The standard InChI is InChI=1S/C15H27N5/c1-10-13(19-16)17-11(2)18-14(10)20(5)12-6-8-15(3,4)9-7-12/h12H,6-9,16H2,1-5H3,(H,17,18,19). The van der Waals surface area contributed by atoms with Crippen LogP contribution in [0.3, 0.4) is 0 Å². The van der Waals surface area contributed by atoms with Crippen molar-refractivity contribution in [3.8, 4) is 0 Å². The molecule has 0 spiro atoms. The average Bonchev–Trinajstić information content (AvgIpc) is 2.40. The maximum atomic E-state index is 5.54. The molecule has 1 heterocycles. The maximum Gasteiger partial charge on any atom is 0.148 e. The van der Waals surface area contributed by atoms with Gasteiger partial charge in [-0.25, -0.2) is 15.8 Å². The van der Waals surface area contributed by atoms with Crippen molar-refractivity contribution in [3.05, 3.63) is 11.4 Å². The van der Waals surface area contributed by atoms with Gasteiger partial charge in [-0.15, -0.1) is 0 Å². The van der Waals surface area contributed by atoms with E-state index in [1.807, 2.05) is 13.8 Å². The lowest BCUT2D eigenvalue weighted by atomic mass is 9.75. The smallest absolute Gasteiger partial charge is 0.148 e. The van der Waals surface area contributed by atoms with Crippen LogP contribution < -0.4 is 16.2 Å². The molecule has 1 aliphatic rings. The van der Waals surface area contributed by atoms with E-state index >= 15 is 0 Å². The van der Waals surface area contributed by atoms with E-state index < -0.39 is 0 Å². The molecule has 1 aliphatic carbocycles. The van der Waals surface area contributed by atoms with Crippen molar-refractivity contribution < 1.29 is 0 Å². The number of nitrogens with two attached hydrogens (primary N) is 1. The number of nitrogens with one attached hydrogen (secondary N) is 1. The van der Waals surface area contributed by atoms with Crippen LogP contribution >= 0.6 is 0 Å². The van der Waals surface area contributed by atoms with Gasteiger partial charge in [0.25, 0.3) is 0 Å². The van der Waals surface area contributed by atoms with Crippen LogP contribution in [0, 0.1) is 19.3 Å². The molecule has 0 amide bonds. The molecule has 0 bridgehead atoms. The topological polar surface area (TPSA) is 67.1 Å². The van der Waals surface area contributed by atoms with E-state index in [4.69, 9.17) is 5.84 Å². The Morgan fingerprint density at radius 3 is 2.35 bits per heavy atom. The molecule has 20 heavy (non-hydrogen) atoms. The summed E-state index contributed by atoms with van der Waals surface area (Å²) < 4.78 is 0. The quantitative estimate of drug-likeness (QED) is 0.657. The highest BCUT2D eigenvalue weighted by Crippen LogP contribution is 2.38. The summed E-state index contributed by atoms with van der Waals surface area (Å²) in [6.07, 6.45) is 4.98. The molecule has 0 atom stereocenters. The molecule has 5 nitrogen and oxygen atoms in total. The summed E-state index contributed by atoms with van der Waals surface area (Å²) in [7, 11) is 2.14. The lowest BCUT2D eigenvalue weighted by Gasteiger charge is -2.39. The third kappa shape index (κ3) is 3.03. The van der Waals surface area contributed by atoms with Crippen molar-refractivity contribution >= 4 is 11.6 Å². The Hall–Kier alpha value is -1.36.